The third-order valence-corrected chi connectivity index (χ3v) is 11.7. The highest BCUT2D eigenvalue weighted by atomic mass is 19.2. The molecular weight excluding hydrogens is 819 g/mol. The summed E-state index contributed by atoms with van der Waals surface area (Å²) in [6.45, 7) is 4.33. The molecule has 0 bridgehead atoms. The second-order valence-electron chi connectivity index (χ2n) is 16.2. The second kappa shape index (κ2) is 21.4. The number of aromatic nitrogens is 2. The normalized spacial score (nSPS) is 11.7. The molecule has 0 aliphatic heterocycles. The van der Waals surface area contributed by atoms with E-state index >= 15 is 17.6 Å². The Hall–Kier alpha value is -5.00. The van der Waals surface area contributed by atoms with Crippen LogP contribution in [0.4, 0.5) is 43.9 Å². The summed E-state index contributed by atoms with van der Waals surface area (Å²) >= 11 is 0. The number of benzene rings is 4. The van der Waals surface area contributed by atoms with Gasteiger partial charge in [0.05, 0.1) is 33.5 Å². The molecule has 0 unspecified atom stereocenters. The summed E-state index contributed by atoms with van der Waals surface area (Å²) in [5, 5.41) is 0. The van der Waals surface area contributed by atoms with Gasteiger partial charge >= 0.3 is 0 Å². The van der Waals surface area contributed by atoms with Crippen molar-refractivity contribution in [3.8, 4) is 33.9 Å². The van der Waals surface area contributed by atoms with Gasteiger partial charge in [-0.1, -0.05) is 128 Å². The van der Waals surface area contributed by atoms with E-state index in [2.05, 4.69) is 13.8 Å². The predicted octanol–water partition coefficient (Wildman–Crippen LogP) is 16.5. The molecule has 6 aromatic rings. The average molecular weight is 871 g/mol. The van der Waals surface area contributed by atoms with Gasteiger partial charge in [-0.05, 0) is 73.2 Å². The lowest BCUT2D eigenvalue weighted by Gasteiger charge is -2.15. The molecule has 62 heavy (non-hydrogen) atoms. The smallest absolute Gasteiger partial charge is 0.200 e. The lowest BCUT2D eigenvalue weighted by Crippen LogP contribution is -2.08. The SMILES string of the molecule is CCCCCCCCCCc1ccc(-n2c(-c3c(F)c(F)c(F)c(F)c3F)cc3c2cc(-c2c(F)c(F)c(F)c(F)c2F)n3-c2ccc(CCCCCCCCCC)cc2)cc1. The van der Waals surface area contributed by atoms with Crippen LogP contribution in [0.5, 0.6) is 0 Å². The van der Waals surface area contributed by atoms with E-state index in [1.807, 2.05) is 0 Å². The number of unbranched alkanes of at least 4 members (excludes halogenated alkanes) is 14. The van der Waals surface area contributed by atoms with E-state index < -0.39 is 80.7 Å². The third kappa shape index (κ3) is 9.94. The van der Waals surface area contributed by atoms with Crippen molar-refractivity contribution < 1.29 is 43.9 Å². The number of hydrogen-bond acceptors (Lipinski definition) is 0. The predicted molar refractivity (Wildman–Crippen MR) is 226 cm³/mol. The molecule has 0 amide bonds. The molecule has 0 aliphatic rings. The highest BCUT2D eigenvalue weighted by molar-refractivity contribution is 5.94. The van der Waals surface area contributed by atoms with Crippen LogP contribution in [0, 0.1) is 58.2 Å². The maximum absolute atomic E-state index is 15.7. The first-order chi connectivity index (χ1) is 29.9. The van der Waals surface area contributed by atoms with Crippen LogP contribution in [0.2, 0.25) is 0 Å². The lowest BCUT2D eigenvalue weighted by atomic mass is 10.0. The Morgan fingerprint density at radius 2 is 0.581 bits per heavy atom. The Labute approximate surface area is 356 Å². The molecule has 0 atom stereocenters. The van der Waals surface area contributed by atoms with Gasteiger partial charge in [-0.25, -0.2) is 43.9 Å². The average Bonchev–Trinajstić information content (AvgIpc) is 3.82. The molecule has 0 saturated heterocycles. The first-order valence-electron chi connectivity index (χ1n) is 21.9. The van der Waals surface area contributed by atoms with Crippen molar-refractivity contribution in [3.05, 3.63) is 130 Å². The molecule has 332 valence electrons. The molecule has 0 fully saturated rings. The van der Waals surface area contributed by atoms with Crippen molar-refractivity contribution in [3.63, 3.8) is 0 Å². The van der Waals surface area contributed by atoms with E-state index in [4.69, 9.17) is 0 Å². The van der Waals surface area contributed by atoms with E-state index in [0.717, 1.165) is 83.8 Å². The summed E-state index contributed by atoms with van der Waals surface area (Å²) in [5.41, 5.74) is -1.58. The van der Waals surface area contributed by atoms with E-state index in [1.165, 1.54) is 51.4 Å². The van der Waals surface area contributed by atoms with Crippen LogP contribution in [0.15, 0.2) is 60.7 Å². The van der Waals surface area contributed by atoms with Crippen LogP contribution in [0.25, 0.3) is 44.9 Å². The van der Waals surface area contributed by atoms with Gasteiger partial charge in [0, 0.05) is 11.4 Å². The fraction of sp³-hybridized carbons (Fsp3) is 0.400. The Morgan fingerprint density at radius 1 is 0.323 bits per heavy atom. The van der Waals surface area contributed by atoms with Crippen LogP contribution in [-0.2, 0) is 12.8 Å². The van der Waals surface area contributed by atoms with Crippen molar-refractivity contribution in [1.82, 2.24) is 9.13 Å². The molecule has 12 heteroatoms. The molecule has 2 aromatic heterocycles. The molecule has 2 heterocycles. The largest absolute Gasteiger partial charge is 0.307 e. The summed E-state index contributed by atoms with van der Waals surface area (Å²) in [4.78, 5) is 0. The van der Waals surface area contributed by atoms with Gasteiger partial charge in [0.2, 0.25) is 11.6 Å². The molecule has 0 saturated carbocycles. The van der Waals surface area contributed by atoms with Crippen molar-refractivity contribution in [2.45, 2.75) is 129 Å². The standard InChI is InChI=1S/C50H52F10N2/c1-3-5-7-9-11-13-15-17-19-31-21-25-33(26-22-31)61-35-29-38(40-43(53)47(57)50(60)48(58)44(40)54)62(34-27-23-32(24-28-34)20-18-16-14-12-10-8-6-4-2)36(35)30-37(61)39-41(51)45(55)49(59)46(56)42(39)52/h21-30H,3-20H2,1-2H3. The van der Waals surface area contributed by atoms with Crippen molar-refractivity contribution >= 4 is 11.0 Å². The van der Waals surface area contributed by atoms with Gasteiger partial charge in [-0.15, -0.1) is 0 Å². The maximum atomic E-state index is 15.7. The molecular formula is C50H52F10N2. The van der Waals surface area contributed by atoms with E-state index in [-0.39, 0.29) is 22.4 Å². The Morgan fingerprint density at radius 3 is 0.871 bits per heavy atom. The van der Waals surface area contributed by atoms with Gasteiger partial charge in [0.1, 0.15) is 0 Å². The van der Waals surface area contributed by atoms with Crippen LogP contribution in [0.1, 0.15) is 128 Å². The Bertz CT molecular complexity index is 2220. The molecule has 0 N–H and O–H groups in total. The zero-order valence-electron chi connectivity index (χ0n) is 35.2. The number of fused-ring (bicyclic) bond motifs is 1. The first kappa shape index (κ1) is 46.5. The number of hydrogen-bond donors (Lipinski definition) is 0. The molecule has 6 rings (SSSR count). The molecule has 0 aliphatic carbocycles. The monoisotopic (exact) mass is 870 g/mol. The molecule has 0 spiro atoms. The highest BCUT2D eigenvalue weighted by Gasteiger charge is 2.33. The Balaban J connectivity index is 1.46. The molecule has 4 aromatic carbocycles. The number of rotatable bonds is 22. The number of halogens is 10. The molecule has 0 radical (unpaired) electrons. The first-order valence-corrected chi connectivity index (χ1v) is 21.9. The minimum atomic E-state index is -2.36. The minimum absolute atomic E-state index is 0.0817. The summed E-state index contributed by atoms with van der Waals surface area (Å²) in [6, 6.07) is 15.4. The number of nitrogens with zero attached hydrogens (tertiary/aromatic N) is 2. The fourth-order valence-electron chi connectivity index (χ4n) is 8.29. The highest BCUT2D eigenvalue weighted by Crippen LogP contribution is 2.43. The van der Waals surface area contributed by atoms with Crippen molar-refractivity contribution in [2.75, 3.05) is 0 Å². The van der Waals surface area contributed by atoms with Gasteiger partial charge < -0.3 is 9.13 Å². The minimum Gasteiger partial charge on any atom is -0.307 e. The van der Waals surface area contributed by atoms with E-state index in [0.29, 0.717) is 12.8 Å². The van der Waals surface area contributed by atoms with Crippen molar-refractivity contribution in [2.24, 2.45) is 0 Å². The van der Waals surface area contributed by atoms with Crippen molar-refractivity contribution in [1.29, 1.82) is 0 Å². The quantitative estimate of drug-likeness (QED) is 0.0278. The van der Waals surface area contributed by atoms with E-state index in [9.17, 15) is 26.3 Å². The van der Waals surface area contributed by atoms with Crippen LogP contribution < -0.4 is 0 Å². The summed E-state index contributed by atoms with van der Waals surface area (Å²) in [5.74, 6) is -21.9. The fourth-order valence-corrected chi connectivity index (χ4v) is 8.29. The molecule has 2 nitrogen and oxygen atoms in total. The third-order valence-electron chi connectivity index (χ3n) is 11.7. The maximum Gasteiger partial charge on any atom is 0.200 e. The van der Waals surface area contributed by atoms with Gasteiger partial charge in [-0.3, -0.25) is 0 Å². The van der Waals surface area contributed by atoms with Gasteiger partial charge in [0.25, 0.3) is 0 Å². The summed E-state index contributed by atoms with van der Waals surface area (Å²) in [6.07, 6.45) is 19.2. The van der Waals surface area contributed by atoms with Gasteiger partial charge in [-0.2, -0.15) is 0 Å². The lowest BCUT2D eigenvalue weighted by molar-refractivity contribution is 0.381. The zero-order valence-corrected chi connectivity index (χ0v) is 35.2. The summed E-state index contributed by atoms with van der Waals surface area (Å²) < 4.78 is 153. The van der Waals surface area contributed by atoms with Crippen LogP contribution >= 0.6 is 0 Å². The van der Waals surface area contributed by atoms with Crippen LogP contribution in [0.3, 0.4) is 0 Å². The second-order valence-corrected chi connectivity index (χ2v) is 16.2. The topological polar surface area (TPSA) is 9.86 Å². The Kier molecular flexibility index (Phi) is 16.0. The van der Waals surface area contributed by atoms with Crippen LogP contribution in [-0.4, -0.2) is 9.13 Å². The number of aryl methyl sites for hydroxylation is 2. The van der Waals surface area contributed by atoms with Gasteiger partial charge in [0.15, 0.2) is 46.5 Å². The zero-order chi connectivity index (χ0) is 44.5. The summed E-state index contributed by atoms with van der Waals surface area (Å²) in [7, 11) is 0. The van der Waals surface area contributed by atoms with E-state index in [1.54, 1.807) is 48.5 Å².